The Morgan fingerprint density at radius 3 is 2.56 bits per heavy atom. The lowest BCUT2D eigenvalue weighted by Crippen LogP contribution is -2.31. The van der Waals surface area contributed by atoms with E-state index in [0.717, 1.165) is 6.26 Å². The van der Waals surface area contributed by atoms with Crippen LogP contribution >= 0.6 is 0 Å². The molecule has 0 atom stereocenters. The predicted molar refractivity (Wildman–Crippen MR) is 56.8 cm³/mol. The highest BCUT2D eigenvalue weighted by molar-refractivity contribution is 7.88. The van der Waals surface area contributed by atoms with Crippen molar-refractivity contribution in [2.24, 2.45) is 0 Å². The number of aromatic nitrogens is 3. The molecule has 0 radical (unpaired) electrons. The summed E-state index contributed by atoms with van der Waals surface area (Å²) in [4.78, 5) is 23.7. The van der Waals surface area contributed by atoms with Gasteiger partial charge in [0.2, 0.25) is 15.8 Å². The molecule has 0 amide bonds. The fourth-order valence-corrected chi connectivity index (χ4v) is 1.36. The summed E-state index contributed by atoms with van der Waals surface area (Å²) < 4.78 is 23.6. The minimum atomic E-state index is -3.25. The highest BCUT2D eigenvalue weighted by atomic mass is 32.2. The molecule has 4 N–H and O–H groups in total. The lowest BCUT2D eigenvalue weighted by molar-refractivity contribution is 0.589. The first-order valence-corrected chi connectivity index (χ1v) is 6.15. The molecule has 0 saturated heterocycles. The Kier molecular flexibility index (Phi) is 3.79. The van der Waals surface area contributed by atoms with Crippen molar-refractivity contribution >= 4 is 15.8 Å². The lowest BCUT2D eigenvalue weighted by Gasteiger charge is -2.03. The Bertz CT molecular complexity index is 559. The number of hydrogen-bond donors (Lipinski definition) is 4. The molecule has 10 heteroatoms. The van der Waals surface area contributed by atoms with E-state index in [4.69, 9.17) is 0 Å². The van der Waals surface area contributed by atoms with Crippen molar-refractivity contribution in [2.75, 3.05) is 24.7 Å². The highest BCUT2D eigenvalue weighted by Crippen LogP contribution is 1.84. The maximum absolute atomic E-state index is 11.1. The number of hydrogen-bond acceptors (Lipinski definition) is 6. The second kappa shape index (κ2) is 4.90. The summed E-state index contributed by atoms with van der Waals surface area (Å²) in [7, 11) is -3.25. The summed E-state index contributed by atoms with van der Waals surface area (Å²) >= 11 is 0. The molecule has 0 unspecified atom stereocenters. The maximum atomic E-state index is 11.1. The monoisotopic (exact) mass is 249 g/mol. The predicted octanol–water partition coefficient (Wildman–Crippen LogP) is -2.58. The van der Waals surface area contributed by atoms with E-state index in [0.29, 0.717) is 0 Å². The first-order chi connectivity index (χ1) is 7.38. The molecule has 9 nitrogen and oxygen atoms in total. The Hall–Kier alpha value is -1.68. The molecule has 0 aliphatic carbocycles. The Balaban J connectivity index is 2.50. The third-order valence-corrected chi connectivity index (χ3v) is 2.22. The molecule has 1 aromatic heterocycles. The van der Waals surface area contributed by atoms with Crippen LogP contribution < -0.4 is 21.3 Å². The fourth-order valence-electron chi connectivity index (χ4n) is 0.885. The third kappa shape index (κ3) is 4.23. The van der Waals surface area contributed by atoms with Gasteiger partial charge in [0.1, 0.15) is 0 Å². The number of rotatable bonds is 5. The van der Waals surface area contributed by atoms with Crippen LogP contribution in [0.5, 0.6) is 0 Å². The lowest BCUT2D eigenvalue weighted by atomic mass is 10.6. The molecule has 0 spiro atoms. The summed E-state index contributed by atoms with van der Waals surface area (Å²) in [6, 6.07) is 0. The molecular weight excluding hydrogens is 238 g/mol. The fraction of sp³-hybridized carbons (Fsp3) is 0.500. The molecule has 0 saturated carbocycles. The van der Waals surface area contributed by atoms with E-state index < -0.39 is 21.3 Å². The summed E-state index contributed by atoms with van der Waals surface area (Å²) in [5.41, 5.74) is -1.37. The van der Waals surface area contributed by atoms with Crippen molar-refractivity contribution in [3.63, 3.8) is 0 Å². The summed E-state index contributed by atoms with van der Waals surface area (Å²) in [6.07, 6.45) is 1.03. The minimum absolute atomic E-state index is 0.0742. The van der Waals surface area contributed by atoms with Gasteiger partial charge in [-0.3, -0.25) is 9.78 Å². The van der Waals surface area contributed by atoms with Crippen LogP contribution in [0.2, 0.25) is 0 Å². The molecule has 0 aromatic carbocycles. The Labute approximate surface area is 90.3 Å². The van der Waals surface area contributed by atoms with E-state index >= 15 is 0 Å². The summed E-state index contributed by atoms with van der Waals surface area (Å²) in [5.74, 6) is -0.0742. The van der Waals surface area contributed by atoms with Crippen molar-refractivity contribution in [3.8, 4) is 0 Å². The number of H-pyrrole nitrogens is 2. The smallest absolute Gasteiger partial charge is 0.342 e. The van der Waals surface area contributed by atoms with Crippen LogP contribution in [0.15, 0.2) is 9.59 Å². The quantitative estimate of drug-likeness (QED) is 0.423. The molecule has 1 rings (SSSR count). The topological polar surface area (TPSA) is 137 Å². The normalized spacial score (nSPS) is 11.3. The van der Waals surface area contributed by atoms with Gasteiger partial charge < -0.3 is 5.32 Å². The van der Waals surface area contributed by atoms with Gasteiger partial charge in [0.25, 0.3) is 5.56 Å². The van der Waals surface area contributed by atoms with E-state index in [-0.39, 0.29) is 18.9 Å². The Morgan fingerprint density at radius 1 is 1.31 bits per heavy atom. The number of aromatic amines is 2. The van der Waals surface area contributed by atoms with Gasteiger partial charge in [-0.05, 0) is 0 Å². The van der Waals surface area contributed by atoms with Crippen molar-refractivity contribution < 1.29 is 8.42 Å². The molecular formula is C6H11N5O4S. The molecule has 0 fully saturated rings. The Morgan fingerprint density at radius 2 is 2.00 bits per heavy atom. The van der Waals surface area contributed by atoms with Crippen LogP contribution in [0.3, 0.4) is 0 Å². The SMILES string of the molecule is CS(=O)(=O)NCCNc1n[nH]c(=O)[nH]c1=O. The summed E-state index contributed by atoms with van der Waals surface area (Å²) in [6.45, 7) is 0.286. The van der Waals surface area contributed by atoms with Crippen molar-refractivity contribution in [2.45, 2.75) is 0 Å². The van der Waals surface area contributed by atoms with E-state index in [1.54, 1.807) is 0 Å². The van der Waals surface area contributed by atoms with E-state index in [2.05, 4.69) is 15.1 Å². The molecule has 0 bridgehead atoms. The molecule has 1 aromatic rings. The van der Waals surface area contributed by atoms with E-state index in [1.807, 2.05) is 10.1 Å². The molecule has 0 aliphatic rings. The molecule has 0 aliphatic heterocycles. The van der Waals surface area contributed by atoms with Crippen LogP contribution in [-0.4, -0.2) is 42.9 Å². The zero-order valence-corrected chi connectivity index (χ0v) is 9.22. The number of nitrogens with zero attached hydrogens (tertiary/aromatic N) is 1. The van der Waals surface area contributed by atoms with Gasteiger partial charge in [0.15, 0.2) is 0 Å². The minimum Gasteiger partial charge on any atom is -0.363 e. The average molecular weight is 249 g/mol. The highest BCUT2D eigenvalue weighted by Gasteiger charge is 2.02. The summed E-state index contributed by atoms with van der Waals surface area (Å²) in [5, 5.41) is 8.04. The average Bonchev–Trinajstić information content (AvgIpc) is 2.13. The number of anilines is 1. The standard InChI is InChI=1S/C6H11N5O4S/c1-16(14,15)8-3-2-7-4-5(12)9-6(13)11-10-4/h8H,2-3H2,1H3,(H,7,10)(H2,9,11,12,13). The van der Waals surface area contributed by atoms with Crippen LogP contribution in [0.25, 0.3) is 0 Å². The number of sulfonamides is 1. The largest absolute Gasteiger partial charge is 0.363 e. The van der Waals surface area contributed by atoms with Crippen LogP contribution in [0, 0.1) is 0 Å². The molecule has 1 heterocycles. The van der Waals surface area contributed by atoms with E-state index in [9.17, 15) is 18.0 Å². The second-order valence-corrected chi connectivity index (χ2v) is 4.78. The van der Waals surface area contributed by atoms with Gasteiger partial charge in [-0.1, -0.05) is 0 Å². The van der Waals surface area contributed by atoms with E-state index in [1.165, 1.54) is 0 Å². The van der Waals surface area contributed by atoms with Gasteiger partial charge in [0, 0.05) is 13.1 Å². The molecule has 16 heavy (non-hydrogen) atoms. The zero-order chi connectivity index (χ0) is 12.2. The van der Waals surface area contributed by atoms with Crippen LogP contribution in [0.1, 0.15) is 0 Å². The van der Waals surface area contributed by atoms with Gasteiger partial charge >= 0.3 is 5.69 Å². The maximum Gasteiger partial charge on any atom is 0.342 e. The third-order valence-electron chi connectivity index (χ3n) is 1.49. The zero-order valence-electron chi connectivity index (χ0n) is 8.40. The van der Waals surface area contributed by atoms with Gasteiger partial charge in [-0.15, -0.1) is 5.10 Å². The van der Waals surface area contributed by atoms with Crippen LogP contribution in [-0.2, 0) is 10.0 Å². The van der Waals surface area contributed by atoms with Gasteiger partial charge in [-0.2, -0.15) is 0 Å². The van der Waals surface area contributed by atoms with Crippen molar-refractivity contribution in [3.05, 3.63) is 20.8 Å². The molecule has 90 valence electrons. The van der Waals surface area contributed by atoms with Crippen LogP contribution in [0.4, 0.5) is 5.82 Å². The second-order valence-electron chi connectivity index (χ2n) is 2.95. The van der Waals surface area contributed by atoms with Gasteiger partial charge in [0.05, 0.1) is 6.26 Å². The van der Waals surface area contributed by atoms with Crippen molar-refractivity contribution in [1.29, 1.82) is 0 Å². The van der Waals surface area contributed by atoms with Gasteiger partial charge in [-0.25, -0.2) is 23.0 Å². The van der Waals surface area contributed by atoms with Crippen molar-refractivity contribution in [1.82, 2.24) is 19.9 Å². The number of nitrogens with one attached hydrogen (secondary N) is 4. The first kappa shape index (κ1) is 12.4. The first-order valence-electron chi connectivity index (χ1n) is 4.26.